The third kappa shape index (κ3) is 11.6. The largest absolute Gasteiger partial charge is 0.508 e. The van der Waals surface area contributed by atoms with Crippen LogP contribution in [0.2, 0.25) is 0 Å². The Balaban J connectivity index is 2.94. The van der Waals surface area contributed by atoms with Crippen molar-refractivity contribution in [1.82, 2.24) is 5.32 Å². The Morgan fingerprint density at radius 1 is 0.943 bits per heavy atom. The first-order chi connectivity index (χ1) is 16.4. The number of ketones is 2. The van der Waals surface area contributed by atoms with Gasteiger partial charge in [0.25, 0.3) is 0 Å². The number of rotatable bonds is 16. The van der Waals surface area contributed by atoms with E-state index in [1.54, 1.807) is 12.1 Å². The number of phenolic OH excluding ortho intramolecular Hbond substituents is 1. The van der Waals surface area contributed by atoms with Gasteiger partial charge in [0.1, 0.15) is 11.5 Å². The first kappa shape index (κ1) is 29.1. The summed E-state index contributed by atoms with van der Waals surface area (Å²) >= 11 is 0. The van der Waals surface area contributed by atoms with Crippen LogP contribution in [-0.4, -0.2) is 52.9 Å². The summed E-state index contributed by atoms with van der Waals surface area (Å²) < 4.78 is 0. The summed E-state index contributed by atoms with van der Waals surface area (Å²) in [6, 6.07) is 4.77. The Morgan fingerprint density at radius 2 is 1.57 bits per heavy atom. The van der Waals surface area contributed by atoms with Crippen LogP contribution in [0.15, 0.2) is 29.3 Å². The van der Waals surface area contributed by atoms with Gasteiger partial charge in [0.15, 0.2) is 11.7 Å². The maximum atomic E-state index is 13.0. The molecule has 0 spiro atoms. The summed E-state index contributed by atoms with van der Waals surface area (Å²) in [7, 11) is 0. The molecule has 0 radical (unpaired) electrons. The fourth-order valence-electron chi connectivity index (χ4n) is 3.53. The molecule has 35 heavy (non-hydrogen) atoms. The van der Waals surface area contributed by atoms with E-state index >= 15 is 0 Å². The highest BCUT2D eigenvalue weighted by atomic mass is 16.3. The molecule has 0 aliphatic carbocycles. The van der Waals surface area contributed by atoms with Crippen LogP contribution in [0.1, 0.15) is 44.6 Å². The van der Waals surface area contributed by atoms with Crippen molar-refractivity contribution >= 4 is 35.2 Å². The van der Waals surface area contributed by atoms with Crippen molar-refractivity contribution in [2.24, 2.45) is 39.8 Å². The summed E-state index contributed by atoms with van der Waals surface area (Å²) in [6.07, 6.45) is -0.0862. The number of nitrogens with one attached hydrogen (secondary N) is 1. The normalized spacial score (nSPS) is 13.2. The molecule has 10 N–H and O–H groups in total. The van der Waals surface area contributed by atoms with Crippen molar-refractivity contribution in [2.45, 2.75) is 51.5 Å². The van der Waals surface area contributed by atoms with Gasteiger partial charge in [-0.2, -0.15) is 0 Å². The Bertz CT molecular complexity index is 942. The molecule has 0 saturated carbocycles. The van der Waals surface area contributed by atoms with Gasteiger partial charge in [0, 0.05) is 31.2 Å². The van der Waals surface area contributed by atoms with E-state index in [2.05, 4.69) is 10.3 Å². The maximum absolute atomic E-state index is 13.0. The Morgan fingerprint density at radius 3 is 2.09 bits per heavy atom. The lowest BCUT2D eigenvalue weighted by molar-refractivity contribution is -0.134. The third-order valence-corrected chi connectivity index (χ3v) is 5.29. The zero-order valence-electron chi connectivity index (χ0n) is 19.7. The number of amides is 3. The fourth-order valence-corrected chi connectivity index (χ4v) is 3.53. The van der Waals surface area contributed by atoms with Crippen molar-refractivity contribution in [3.05, 3.63) is 29.8 Å². The molecule has 0 aromatic heterocycles. The molecule has 3 amide bonds. The van der Waals surface area contributed by atoms with Gasteiger partial charge in [-0.3, -0.25) is 24.2 Å². The molecule has 1 aromatic carbocycles. The molecule has 0 unspecified atom stereocenters. The predicted octanol–water partition coefficient (Wildman–Crippen LogP) is -0.995. The van der Waals surface area contributed by atoms with Gasteiger partial charge in [-0.05, 0) is 43.9 Å². The number of hydrogen-bond donors (Lipinski definition) is 6. The second-order valence-corrected chi connectivity index (χ2v) is 8.42. The monoisotopic (exact) mass is 490 g/mol. The Labute approximate surface area is 203 Å². The van der Waals surface area contributed by atoms with Gasteiger partial charge in [0.05, 0.1) is 12.5 Å². The number of Topliss-reactive ketones (excluding diaryl/α,β-unsaturated/α-hetero) is 2. The van der Waals surface area contributed by atoms with E-state index in [9.17, 15) is 29.1 Å². The molecule has 0 aliphatic rings. The number of nitrogens with zero attached hydrogens (tertiary/aromatic N) is 1. The predicted molar refractivity (Wildman–Crippen MR) is 129 cm³/mol. The second kappa shape index (κ2) is 14.3. The molecule has 1 aromatic rings. The van der Waals surface area contributed by atoms with Crippen LogP contribution in [0, 0.1) is 11.8 Å². The Hall–Kier alpha value is -3.96. The van der Waals surface area contributed by atoms with Crippen LogP contribution in [0.3, 0.4) is 0 Å². The summed E-state index contributed by atoms with van der Waals surface area (Å²) in [6.45, 7) is 1.59. The zero-order valence-corrected chi connectivity index (χ0v) is 19.7. The standard InChI is InChI=1S/C23H34N6O6/c1-13(30)9-15(3-2-8-28-23(26)27)22(35)29-18(12-20(24)33)19(32)11-16(21(25)34)10-14-4-6-17(31)7-5-14/h4-7,15-16,18,31H,2-3,8-12H2,1H3,(H2,24,33)(H2,25,34)(H,29,35)(H4,26,27,28)/t15-,16-,18+/m1/s1. The lowest BCUT2D eigenvalue weighted by Gasteiger charge is -2.22. The van der Waals surface area contributed by atoms with Gasteiger partial charge in [-0.25, -0.2) is 0 Å². The number of carbonyl (C=O) groups excluding carboxylic acids is 5. The molecule has 0 saturated heterocycles. The molecule has 0 bridgehead atoms. The average molecular weight is 491 g/mol. The van der Waals surface area contributed by atoms with E-state index in [-0.39, 0.29) is 49.7 Å². The number of benzene rings is 1. The molecule has 12 heteroatoms. The highest BCUT2D eigenvalue weighted by molar-refractivity contribution is 5.96. The molecule has 192 valence electrons. The number of primary amides is 2. The fraction of sp³-hybridized carbons (Fsp3) is 0.478. The zero-order chi connectivity index (χ0) is 26.5. The average Bonchev–Trinajstić information content (AvgIpc) is 2.75. The van der Waals surface area contributed by atoms with Crippen molar-refractivity contribution < 1.29 is 29.1 Å². The summed E-state index contributed by atoms with van der Waals surface area (Å²) in [4.78, 5) is 64.9. The number of aliphatic imine (C=N–C) groups is 1. The molecule has 0 fully saturated rings. The molecule has 3 atom stereocenters. The van der Waals surface area contributed by atoms with Crippen LogP contribution >= 0.6 is 0 Å². The highest BCUT2D eigenvalue weighted by Gasteiger charge is 2.30. The SMILES string of the molecule is CC(=O)C[C@@H](CCCN=C(N)N)C(=O)N[C@@H](CC(N)=O)C(=O)C[C@@H](Cc1ccc(O)cc1)C(N)=O. The highest BCUT2D eigenvalue weighted by Crippen LogP contribution is 2.18. The topological polar surface area (TPSA) is 234 Å². The van der Waals surface area contributed by atoms with Crippen molar-refractivity contribution in [3.8, 4) is 5.75 Å². The number of nitrogens with two attached hydrogens (primary N) is 4. The van der Waals surface area contributed by atoms with Gasteiger partial charge in [0.2, 0.25) is 17.7 Å². The van der Waals surface area contributed by atoms with Gasteiger partial charge < -0.3 is 38.2 Å². The minimum Gasteiger partial charge on any atom is -0.508 e. The third-order valence-electron chi connectivity index (χ3n) is 5.29. The van der Waals surface area contributed by atoms with Gasteiger partial charge >= 0.3 is 0 Å². The minimum atomic E-state index is -1.28. The summed E-state index contributed by atoms with van der Waals surface area (Å²) in [5.74, 6) is -4.71. The second-order valence-electron chi connectivity index (χ2n) is 8.42. The van der Waals surface area contributed by atoms with Crippen LogP contribution in [0.4, 0.5) is 0 Å². The molecule has 0 heterocycles. The molecule has 12 nitrogen and oxygen atoms in total. The number of carbonyl (C=O) groups is 5. The van der Waals surface area contributed by atoms with Crippen LogP contribution in [0.5, 0.6) is 5.75 Å². The Kier molecular flexibility index (Phi) is 11.9. The van der Waals surface area contributed by atoms with Crippen molar-refractivity contribution in [2.75, 3.05) is 6.54 Å². The van der Waals surface area contributed by atoms with E-state index in [0.29, 0.717) is 12.0 Å². The van der Waals surface area contributed by atoms with Gasteiger partial charge in [-0.1, -0.05) is 12.1 Å². The smallest absolute Gasteiger partial charge is 0.224 e. The van der Waals surface area contributed by atoms with Crippen LogP contribution < -0.4 is 28.3 Å². The lowest BCUT2D eigenvalue weighted by atomic mass is 9.90. The summed E-state index contributed by atoms with van der Waals surface area (Å²) in [5, 5.41) is 11.9. The molecule has 0 aliphatic heterocycles. The quantitative estimate of drug-likeness (QED) is 0.0952. The van der Waals surface area contributed by atoms with Crippen LogP contribution in [-0.2, 0) is 30.4 Å². The minimum absolute atomic E-state index is 0.0445. The number of phenols is 1. The van der Waals surface area contributed by atoms with E-state index in [1.807, 2.05) is 0 Å². The van der Waals surface area contributed by atoms with E-state index in [4.69, 9.17) is 22.9 Å². The molecule has 1 rings (SSSR count). The number of aromatic hydroxyl groups is 1. The first-order valence-electron chi connectivity index (χ1n) is 11.1. The van der Waals surface area contributed by atoms with Crippen LogP contribution in [0.25, 0.3) is 0 Å². The van der Waals surface area contributed by atoms with Crippen molar-refractivity contribution in [1.29, 1.82) is 0 Å². The lowest BCUT2D eigenvalue weighted by Crippen LogP contribution is -2.47. The van der Waals surface area contributed by atoms with Gasteiger partial charge in [-0.15, -0.1) is 0 Å². The van der Waals surface area contributed by atoms with E-state index < -0.39 is 47.8 Å². The van der Waals surface area contributed by atoms with Crippen molar-refractivity contribution in [3.63, 3.8) is 0 Å². The number of guanidine groups is 1. The summed E-state index contributed by atoms with van der Waals surface area (Å²) in [5.41, 5.74) is 22.0. The number of hydrogen-bond acceptors (Lipinski definition) is 7. The first-order valence-corrected chi connectivity index (χ1v) is 11.1. The van der Waals surface area contributed by atoms with E-state index in [0.717, 1.165) is 0 Å². The molecular weight excluding hydrogens is 456 g/mol. The van der Waals surface area contributed by atoms with E-state index in [1.165, 1.54) is 19.1 Å². The molecular formula is C23H34N6O6. The maximum Gasteiger partial charge on any atom is 0.224 e.